The van der Waals surface area contributed by atoms with E-state index in [2.05, 4.69) is 76.2 Å². The Hall–Kier alpha value is -3.44. The fraction of sp³-hybridized carbons (Fsp3) is 0.583. The van der Waals surface area contributed by atoms with Gasteiger partial charge in [-0.05, 0) is 73.3 Å². The van der Waals surface area contributed by atoms with E-state index in [1.54, 1.807) is 0 Å². The Morgan fingerprint density at radius 3 is 1.21 bits per heavy atom. The van der Waals surface area contributed by atoms with Crippen LogP contribution >= 0.6 is 0 Å². The smallest absolute Gasteiger partial charge is 0.0885 e. The van der Waals surface area contributed by atoms with Gasteiger partial charge in [-0.15, -0.1) is 0 Å². The summed E-state index contributed by atoms with van der Waals surface area (Å²) in [5.41, 5.74) is 8.85. The van der Waals surface area contributed by atoms with Gasteiger partial charge in [-0.2, -0.15) is 0 Å². The standard InChI is InChI=1S/C48H66N4O/c1-5-9-13-35-15-19-39(20-16-35)47(41-27-23-37(24-28-41)45-33-49-43(11-7-3)31-51-45)53-48(40-21-17-36(18-22-40)14-10-6-2)42-29-25-38(26-30-42)46-34-50-44(12-8-4)32-52-46/h23-36,39-40,47-48H,5-22H2,1-4H3. The summed E-state index contributed by atoms with van der Waals surface area (Å²) in [6, 6.07) is 18.3. The van der Waals surface area contributed by atoms with Crippen LogP contribution in [0.2, 0.25) is 0 Å². The van der Waals surface area contributed by atoms with Gasteiger partial charge >= 0.3 is 0 Å². The zero-order valence-corrected chi connectivity index (χ0v) is 33.3. The van der Waals surface area contributed by atoms with E-state index in [0.29, 0.717) is 11.8 Å². The lowest BCUT2D eigenvalue weighted by atomic mass is 9.74. The minimum Gasteiger partial charge on any atom is -0.365 e. The Morgan fingerprint density at radius 2 is 0.887 bits per heavy atom. The maximum absolute atomic E-state index is 7.65. The predicted molar refractivity (Wildman–Crippen MR) is 219 cm³/mol. The van der Waals surface area contributed by atoms with Gasteiger partial charge in [0.25, 0.3) is 0 Å². The van der Waals surface area contributed by atoms with Crippen molar-refractivity contribution in [2.24, 2.45) is 23.7 Å². The van der Waals surface area contributed by atoms with Crippen molar-refractivity contribution < 1.29 is 4.74 Å². The van der Waals surface area contributed by atoms with E-state index >= 15 is 0 Å². The normalized spacial score (nSPS) is 21.7. The van der Waals surface area contributed by atoms with Crippen LogP contribution in [0.3, 0.4) is 0 Å². The summed E-state index contributed by atoms with van der Waals surface area (Å²) in [5, 5.41) is 0. The molecule has 5 heteroatoms. The Balaban J connectivity index is 1.28. The van der Waals surface area contributed by atoms with Crippen LogP contribution in [-0.4, -0.2) is 19.9 Å². The highest BCUT2D eigenvalue weighted by Gasteiger charge is 2.36. The van der Waals surface area contributed by atoms with Gasteiger partial charge in [-0.25, -0.2) is 0 Å². The molecule has 2 heterocycles. The lowest BCUT2D eigenvalue weighted by molar-refractivity contribution is -0.0907. The van der Waals surface area contributed by atoms with Gasteiger partial charge in [0.05, 0.1) is 47.4 Å². The van der Waals surface area contributed by atoms with Crippen LogP contribution in [0.5, 0.6) is 0 Å². The second kappa shape index (κ2) is 20.3. The van der Waals surface area contributed by atoms with Gasteiger partial charge in [0, 0.05) is 23.5 Å². The van der Waals surface area contributed by atoms with Crippen molar-refractivity contribution in [2.45, 2.75) is 155 Å². The van der Waals surface area contributed by atoms with Crippen LogP contribution in [0.15, 0.2) is 73.3 Å². The van der Waals surface area contributed by atoms with Crippen LogP contribution in [0.1, 0.15) is 165 Å². The topological polar surface area (TPSA) is 60.8 Å². The van der Waals surface area contributed by atoms with Gasteiger partial charge in [0.1, 0.15) is 0 Å². The van der Waals surface area contributed by atoms with Gasteiger partial charge in [0.15, 0.2) is 0 Å². The molecular formula is C48H66N4O. The first-order chi connectivity index (χ1) is 26.1. The molecule has 0 N–H and O–H groups in total. The molecule has 53 heavy (non-hydrogen) atoms. The van der Waals surface area contributed by atoms with E-state index in [9.17, 15) is 0 Å². The number of hydrogen-bond donors (Lipinski definition) is 0. The Bertz CT molecular complexity index is 1480. The van der Waals surface area contributed by atoms with Crippen LogP contribution in [-0.2, 0) is 17.6 Å². The molecule has 0 amide bonds. The first-order valence-corrected chi connectivity index (χ1v) is 21.6. The summed E-state index contributed by atoms with van der Waals surface area (Å²) in [6.45, 7) is 9.02. The first kappa shape index (κ1) is 39.3. The Kier molecular flexibility index (Phi) is 15.0. The molecule has 284 valence electrons. The monoisotopic (exact) mass is 715 g/mol. The number of aromatic nitrogens is 4. The van der Waals surface area contributed by atoms with E-state index in [1.165, 1.54) is 101 Å². The van der Waals surface area contributed by atoms with Crippen LogP contribution < -0.4 is 0 Å². The zero-order valence-electron chi connectivity index (χ0n) is 33.3. The zero-order chi connectivity index (χ0) is 36.8. The van der Waals surface area contributed by atoms with Crippen molar-refractivity contribution in [1.29, 1.82) is 0 Å². The Morgan fingerprint density at radius 1 is 0.491 bits per heavy atom. The van der Waals surface area contributed by atoms with Crippen LogP contribution in [0.4, 0.5) is 0 Å². The third-order valence-electron chi connectivity index (χ3n) is 12.4. The molecule has 0 bridgehead atoms. The number of rotatable bonds is 18. The van der Waals surface area contributed by atoms with Gasteiger partial charge in [-0.3, -0.25) is 19.9 Å². The quantitative estimate of drug-likeness (QED) is 0.103. The van der Waals surface area contributed by atoms with E-state index in [0.717, 1.165) is 71.4 Å². The molecule has 2 unspecified atom stereocenters. The summed E-state index contributed by atoms with van der Waals surface area (Å²) >= 11 is 0. The highest BCUT2D eigenvalue weighted by Crippen LogP contribution is 2.47. The SMILES string of the molecule is CCCCC1CCC(C(OC(c2ccc(-c3cnc(CCC)cn3)cc2)C2CCC(CCCC)CC2)c2ccc(-c3cnc(CCC)cn3)cc2)CC1. The molecule has 5 nitrogen and oxygen atoms in total. The van der Waals surface area contributed by atoms with E-state index in [-0.39, 0.29) is 12.2 Å². The van der Waals surface area contributed by atoms with Gasteiger partial charge in [0.2, 0.25) is 0 Å². The molecule has 2 aromatic carbocycles. The van der Waals surface area contributed by atoms with Crippen molar-refractivity contribution in [2.75, 3.05) is 0 Å². The van der Waals surface area contributed by atoms with E-state index in [1.807, 2.05) is 24.8 Å². The minimum absolute atomic E-state index is 0.0636. The maximum Gasteiger partial charge on any atom is 0.0885 e. The van der Waals surface area contributed by atoms with E-state index in [4.69, 9.17) is 24.7 Å². The number of hydrogen-bond acceptors (Lipinski definition) is 5. The van der Waals surface area contributed by atoms with Crippen LogP contribution in [0, 0.1) is 23.7 Å². The lowest BCUT2D eigenvalue weighted by Gasteiger charge is -2.40. The fourth-order valence-electron chi connectivity index (χ4n) is 9.09. The number of nitrogens with zero attached hydrogens (tertiary/aromatic N) is 4. The second-order valence-corrected chi connectivity index (χ2v) is 16.4. The molecule has 4 aromatic rings. The summed E-state index contributed by atoms with van der Waals surface area (Å²) in [4.78, 5) is 18.9. The minimum atomic E-state index is 0.0636. The third kappa shape index (κ3) is 10.8. The molecule has 0 spiro atoms. The molecule has 2 saturated carbocycles. The van der Waals surface area contributed by atoms with Crippen molar-refractivity contribution in [3.63, 3.8) is 0 Å². The average Bonchev–Trinajstić information content (AvgIpc) is 3.21. The molecule has 2 aromatic heterocycles. The summed E-state index contributed by atoms with van der Waals surface area (Å²) in [5.74, 6) is 2.77. The molecule has 2 aliphatic rings. The number of benzene rings is 2. The van der Waals surface area contributed by atoms with Gasteiger partial charge < -0.3 is 4.74 Å². The number of unbranched alkanes of at least 4 members (excludes halogenated alkanes) is 2. The van der Waals surface area contributed by atoms with Crippen molar-refractivity contribution in [3.8, 4) is 22.5 Å². The molecule has 2 fully saturated rings. The molecule has 0 saturated heterocycles. The molecule has 6 rings (SSSR count). The summed E-state index contributed by atoms with van der Waals surface area (Å²) in [7, 11) is 0. The average molecular weight is 715 g/mol. The second-order valence-electron chi connectivity index (χ2n) is 16.4. The van der Waals surface area contributed by atoms with Crippen molar-refractivity contribution >= 4 is 0 Å². The first-order valence-electron chi connectivity index (χ1n) is 21.6. The molecule has 0 radical (unpaired) electrons. The molecule has 0 aliphatic heterocycles. The highest BCUT2D eigenvalue weighted by atomic mass is 16.5. The highest BCUT2D eigenvalue weighted by molar-refractivity contribution is 5.59. The lowest BCUT2D eigenvalue weighted by Crippen LogP contribution is -2.28. The number of ether oxygens (including phenoxy) is 1. The maximum atomic E-state index is 7.65. The molecule has 2 atom stereocenters. The Labute approximate surface area is 321 Å². The van der Waals surface area contributed by atoms with Crippen molar-refractivity contribution in [1.82, 2.24) is 19.9 Å². The summed E-state index contributed by atoms with van der Waals surface area (Å²) < 4.78 is 7.65. The molecular weight excluding hydrogens is 649 g/mol. The fourth-order valence-corrected chi connectivity index (χ4v) is 9.09. The largest absolute Gasteiger partial charge is 0.365 e. The van der Waals surface area contributed by atoms with Crippen LogP contribution in [0.25, 0.3) is 22.5 Å². The van der Waals surface area contributed by atoms with Crippen molar-refractivity contribution in [3.05, 3.63) is 95.8 Å². The van der Waals surface area contributed by atoms with Gasteiger partial charge in [-0.1, -0.05) is 153 Å². The predicted octanol–water partition coefficient (Wildman–Crippen LogP) is 13.3. The van der Waals surface area contributed by atoms with E-state index < -0.39 is 0 Å². The third-order valence-corrected chi connectivity index (χ3v) is 12.4. The summed E-state index contributed by atoms with van der Waals surface area (Å²) in [6.07, 6.45) is 30.3. The number of aryl methyl sites for hydroxylation is 2. The molecule has 2 aliphatic carbocycles.